The summed E-state index contributed by atoms with van der Waals surface area (Å²) >= 11 is 0. The van der Waals surface area contributed by atoms with Crippen LogP contribution in [0.15, 0.2) is 60.9 Å². The molecule has 0 radical (unpaired) electrons. The number of carbonyl (C=O) groups excluding carboxylic acids is 2. The Kier molecular flexibility index (Phi) is 7.35. The highest BCUT2D eigenvalue weighted by Crippen LogP contribution is 2.46. The molecule has 2 aromatic carbocycles. The minimum Gasteiger partial charge on any atom is -0.490 e. The second-order valence-corrected chi connectivity index (χ2v) is 13.1. The van der Waals surface area contributed by atoms with E-state index in [0.29, 0.717) is 39.8 Å². The van der Waals surface area contributed by atoms with Crippen molar-refractivity contribution in [1.29, 1.82) is 0 Å². The summed E-state index contributed by atoms with van der Waals surface area (Å²) in [5.74, 6) is 1.15. The Balaban J connectivity index is 1.17. The van der Waals surface area contributed by atoms with Crippen molar-refractivity contribution in [1.82, 2.24) is 15.0 Å². The minimum absolute atomic E-state index is 0.00869. The number of primary amides is 1. The number of rotatable bonds is 11. The third kappa shape index (κ3) is 5.73. The molecule has 0 bridgehead atoms. The fourth-order valence-corrected chi connectivity index (χ4v) is 5.72. The maximum absolute atomic E-state index is 13.7. The van der Waals surface area contributed by atoms with Crippen LogP contribution < -0.4 is 15.2 Å². The highest BCUT2D eigenvalue weighted by atomic mass is 19.1. The number of aromatic nitrogens is 3. The zero-order valence-electron chi connectivity index (χ0n) is 25.8. The summed E-state index contributed by atoms with van der Waals surface area (Å²) in [7, 11) is 0. The lowest BCUT2D eigenvalue weighted by Crippen LogP contribution is -2.40. The molecule has 2 fully saturated rings. The number of fused-ring (bicyclic) bond motifs is 1. The number of benzene rings is 2. The zero-order chi connectivity index (χ0) is 32.2. The Morgan fingerprint density at radius 2 is 1.78 bits per heavy atom. The average Bonchev–Trinajstić information content (AvgIpc) is 3.99. The summed E-state index contributed by atoms with van der Waals surface area (Å²) in [6, 6.07) is 12.7. The van der Waals surface area contributed by atoms with Crippen molar-refractivity contribution in [2.75, 3.05) is 6.61 Å². The van der Waals surface area contributed by atoms with Gasteiger partial charge in [0, 0.05) is 52.5 Å². The van der Waals surface area contributed by atoms with Crippen LogP contribution in [0.3, 0.4) is 0 Å². The topological polar surface area (TPSA) is 138 Å². The van der Waals surface area contributed by atoms with E-state index in [1.165, 1.54) is 12.1 Å². The van der Waals surface area contributed by atoms with Crippen molar-refractivity contribution in [3.63, 3.8) is 0 Å². The molecule has 2 saturated carbocycles. The number of halogens is 1. The van der Waals surface area contributed by atoms with Crippen molar-refractivity contribution >= 4 is 11.7 Å². The van der Waals surface area contributed by atoms with E-state index < -0.39 is 22.7 Å². The molecule has 0 unspecified atom stereocenters. The monoisotopic (exact) mass is 622 g/mol. The van der Waals surface area contributed by atoms with E-state index in [0.717, 1.165) is 42.6 Å². The molecular weight excluding hydrogens is 587 g/mol. The molecule has 1 amide bonds. The third-order valence-electron chi connectivity index (χ3n) is 9.17. The van der Waals surface area contributed by atoms with Gasteiger partial charge in [0.15, 0.2) is 5.78 Å². The predicted molar refractivity (Wildman–Crippen MR) is 168 cm³/mol. The largest absolute Gasteiger partial charge is 0.490 e. The molecule has 4 aromatic rings. The van der Waals surface area contributed by atoms with E-state index in [-0.39, 0.29) is 37.0 Å². The van der Waals surface area contributed by atoms with Crippen molar-refractivity contribution in [3.05, 3.63) is 89.4 Å². The van der Waals surface area contributed by atoms with Crippen molar-refractivity contribution in [3.8, 4) is 33.9 Å². The number of Topliss-reactive ketones (excluding diaryl/α,β-unsaturated/α-hetero) is 1. The first kappa shape index (κ1) is 30.0. The number of pyridine rings is 1. The standard InChI is InChI=1S/C36H35FN4O5/c1-35(34(38)43)19-45-32-27(35)16-30(41-31(32)20-5-8-24(37)9-6-20)36(2,44)14-13-28(42)22-7-12-29(46-25-10-11-25)26(15-22)23-17-39-33(40-18-23)21-3-4-21/h5-9,12,15-18,21,25,44H,3-4,10-11,13-14,19H2,1-2H3,(H2,38,43)/t35-,36-/m0/s1. The van der Waals surface area contributed by atoms with Crippen molar-refractivity contribution < 1.29 is 28.6 Å². The van der Waals surface area contributed by atoms with Gasteiger partial charge in [-0.25, -0.2) is 19.3 Å². The molecule has 236 valence electrons. The Labute approximate surface area is 266 Å². The highest BCUT2D eigenvalue weighted by Gasteiger charge is 2.45. The number of nitrogens with two attached hydrogens (primary N) is 1. The fourth-order valence-electron chi connectivity index (χ4n) is 5.72. The Hall–Kier alpha value is -4.70. The normalized spacial score (nSPS) is 20.0. The Morgan fingerprint density at radius 1 is 1.07 bits per heavy atom. The summed E-state index contributed by atoms with van der Waals surface area (Å²) in [6.07, 6.45) is 8.01. The van der Waals surface area contributed by atoms with Crippen LogP contribution in [-0.4, -0.2) is 44.5 Å². The summed E-state index contributed by atoms with van der Waals surface area (Å²) in [5, 5.41) is 11.7. The van der Waals surface area contributed by atoms with Crippen LogP contribution in [0.25, 0.3) is 22.4 Å². The van der Waals surface area contributed by atoms with Crippen LogP contribution in [-0.2, 0) is 15.8 Å². The van der Waals surface area contributed by atoms with Gasteiger partial charge in [-0.05, 0) is 94.5 Å². The molecule has 46 heavy (non-hydrogen) atoms. The molecule has 0 saturated heterocycles. The fraction of sp³-hybridized carbons (Fsp3) is 0.361. The van der Waals surface area contributed by atoms with Crippen LogP contribution in [0.5, 0.6) is 11.5 Å². The van der Waals surface area contributed by atoms with E-state index in [2.05, 4.69) is 9.97 Å². The summed E-state index contributed by atoms with van der Waals surface area (Å²) in [6.45, 7) is 3.27. The number of ketones is 1. The summed E-state index contributed by atoms with van der Waals surface area (Å²) in [5.41, 5.74) is 6.71. The van der Waals surface area contributed by atoms with Crippen LogP contribution in [0.2, 0.25) is 0 Å². The van der Waals surface area contributed by atoms with Gasteiger partial charge >= 0.3 is 0 Å². The van der Waals surface area contributed by atoms with E-state index in [9.17, 15) is 19.1 Å². The number of ether oxygens (including phenoxy) is 2. The van der Waals surface area contributed by atoms with Crippen LogP contribution in [0.1, 0.15) is 85.7 Å². The van der Waals surface area contributed by atoms with Gasteiger partial charge in [-0.2, -0.15) is 0 Å². The van der Waals surface area contributed by atoms with E-state index in [1.807, 2.05) is 6.07 Å². The number of nitrogens with zero attached hydrogens (tertiary/aromatic N) is 3. The number of carbonyl (C=O) groups is 2. The van der Waals surface area contributed by atoms with Crippen molar-refractivity contribution in [2.45, 2.75) is 75.4 Å². The first-order chi connectivity index (χ1) is 22.0. The van der Waals surface area contributed by atoms with Gasteiger partial charge in [0.2, 0.25) is 5.91 Å². The highest BCUT2D eigenvalue weighted by molar-refractivity contribution is 5.98. The second kappa shape index (κ2) is 11.3. The zero-order valence-corrected chi connectivity index (χ0v) is 25.8. The molecule has 7 rings (SSSR count). The molecule has 2 aromatic heterocycles. The van der Waals surface area contributed by atoms with Gasteiger partial charge in [-0.1, -0.05) is 0 Å². The molecule has 3 heterocycles. The van der Waals surface area contributed by atoms with Crippen LogP contribution >= 0.6 is 0 Å². The molecule has 1 aliphatic heterocycles. The smallest absolute Gasteiger partial charge is 0.231 e. The first-order valence-corrected chi connectivity index (χ1v) is 15.6. The van der Waals surface area contributed by atoms with Gasteiger partial charge < -0.3 is 20.3 Å². The first-order valence-electron chi connectivity index (χ1n) is 15.6. The maximum atomic E-state index is 13.7. The Morgan fingerprint density at radius 3 is 2.43 bits per heavy atom. The van der Waals surface area contributed by atoms with Crippen LogP contribution in [0.4, 0.5) is 4.39 Å². The quantitative estimate of drug-likeness (QED) is 0.201. The number of amides is 1. The van der Waals surface area contributed by atoms with Gasteiger partial charge in [0.25, 0.3) is 0 Å². The van der Waals surface area contributed by atoms with Crippen molar-refractivity contribution in [2.24, 2.45) is 5.73 Å². The minimum atomic E-state index is -1.56. The van der Waals surface area contributed by atoms with E-state index in [1.54, 1.807) is 56.6 Å². The molecule has 3 N–H and O–H groups in total. The number of hydrogen-bond acceptors (Lipinski definition) is 8. The predicted octanol–water partition coefficient (Wildman–Crippen LogP) is 5.77. The molecule has 9 nitrogen and oxygen atoms in total. The lowest BCUT2D eigenvalue weighted by Gasteiger charge is -2.26. The van der Waals surface area contributed by atoms with Gasteiger partial charge in [0.1, 0.15) is 46.5 Å². The van der Waals surface area contributed by atoms with E-state index in [4.69, 9.17) is 20.2 Å². The lowest BCUT2D eigenvalue weighted by atomic mass is 9.81. The maximum Gasteiger partial charge on any atom is 0.231 e. The molecule has 2 atom stereocenters. The SMILES string of the molecule is C[C@](O)(CCC(=O)c1ccc(OC2CC2)c(-c2cnc(C3CC3)nc2)c1)c1cc2c(c(-c3ccc(F)cc3)n1)OC[C@]2(C)C(N)=O. The molecule has 2 aliphatic carbocycles. The van der Waals surface area contributed by atoms with Gasteiger partial charge in [0.05, 0.1) is 11.8 Å². The molecule has 10 heteroatoms. The molecule has 3 aliphatic rings. The third-order valence-corrected chi connectivity index (χ3v) is 9.17. The molecule has 0 spiro atoms. The lowest BCUT2D eigenvalue weighted by molar-refractivity contribution is -0.123. The summed E-state index contributed by atoms with van der Waals surface area (Å²) in [4.78, 5) is 40.0. The molecular formula is C36H35FN4O5. The van der Waals surface area contributed by atoms with E-state index >= 15 is 0 Å². The van der Waals surface area contributed by atoms with Crippen LogP contribution in [0, 0.1) is 5.82 Å². The van der Waals surface area contributed by atoms with Gasteiger partial charge in [-0.15, -0.1) is 0 Å². The second-order valence-electron chi connectivity index (χ2n) is 13.1. The summed E-state index contributed by atoms with van der Waals surface area (Å²) < 4.78 is 25.8. The Bertz CT molecular complexity index is 1830. The number of hydrogen-bond donors (Lipinski definition) is 2. The van der Waals surface area contributed by atoms with Gasteiger partial charge in [-0.3, -0.25) is 9.59 Å². The average molecular weight is 623 g/mol. The number of aliphatic hydroxyl groups is 1.